The van der Waals surface area contributed by atoms with Gasteiger partial charge in [0.1, 0.15) is 5.82 Å². The fourth-order valence-electron chi connectivity index (χ4n) is 4.12. The molecule has 5 aromatic rings. The molecule has 0 saturated heterocycles. The monoisotopic (exact) mass is 483 g/mol. The van der Waals surface area contributed by atoms with Gasteiger partial charge in [0, 0.05) is 47.2 Å². The second-order valence-corrected chi connectivity index (χ2v) is 10.7. The first kappa shape index (κ1) is 23.1. The summed E-state index contributed by atoms with van der Waals surface area (Å²) in [6.07, 6.45) is 6.08. The Labute approximate surface area is 208 Å². The maximum atomic E-state index is 6.50. The molecular weight excluding hydrogens is 454 g/mol. The van der Waals surface area contributed by atoms with E-state index in [4.69, 9.17) is 15.7 Å². The van der Waals surface area contributed by atoms with Crippen LogP contribution in [-0.4, -0.2) is 37.7 Å². The highest BCUT2D eigenvalue weighted by Gasteiger charge is 2.28. The Morgan fingerprint density at radius 1 is 1.00 bits per heavy atom. The Hall–Kier alpha value is -3.62. The van der Waals surface area contributed by atoms with E-state index in [1.807, 2.05) is 36.4 Å². The zero-order valence-corrected chi connectivity index (χ0v) is 20.9. The summed E-state index contributed by atoms with van der Waals surface area (Å²) in [6, 6.07) is 16.1. The minimum absolute atomic E-state index is 0.0547. The summed E-state index contributed by atoms with van der Waals surface area (Å²) in [6.45, 7) is 7.26. The van der Waals surface area contributed by atoms with Crippen molar-refractivity contribution in [2.24, 2.45) is 5.73 Å². The van der Waals surface area contributed by atoms with Crippen molar-refractivity contribution in [1.29, 1.82) is 0 Å². The number of pyridine rings is 1. The number of nitrogens with zero attached hydrogens (tertiary/aromatic N) is 4. The number of benzene rings is 1. The molecule has 35 heavy (non-hydrogen) atoms. The molecule has 0 amide bonds. The van der Waals surface area contributed by atoms with Gasteiger partial charge < -0.3 is 11.1 Å². The van der Waals surface area contributed by atoms with E-state index < -0.39 is 0 Å². The zero-order chi connectivity index (χ0) is 24.4. The Bertz CT molecular complexity index is 1410. The summed E-state index contributed by atoms with van der Waals surface area (Å²) < 4.78 is 1.02. The van der Waals surface area contributed by atoms with Gasteiger partial charge in [-0.05, 0) is 35.6 Å². The molecule has 0 aliphatic carbocycles. The third-order valence-electron chi connectivity index (χ3n) is 5.80. The highest BCUT2D eigenvalue weighted by molar-refractivity contribution is 7.20. The van der Waals surface area contributed by atoms with Crippen molar-refractivity contribution < 1.29 is 0 Å². The van der Waals surface area contributed by atoms with Crippen molar-refractivity contribution in [2.45, 2.75) is 38.6 Å². The van der Waals surface area contributed by atoms with Gasteiger partial charge in [-0.2, -0.15) is 5.10 Å². The van der Waals surface area contributed by atoms with E-state index in [2.05, 4.69) is 53.4 Å². The lowest BCUT2D eigenvalue weighted by Crippen LogP contribution is -2.31. The van der Waals surface area contributed by atoms with Crippen LogP contribution in [0.15, 0.2) is 67.1 Å². The highest BCUT2D eigenvalue weighted by Crippen LogP contribution is 2.45. The number of fused-ring (bicyclic) bond motifs is 1. The van der Waals surface area contributed by atoms with Crippen LogP contribution in [-0.2, 0) is 11.8 Å². The lowest BCUT2D eigenvalue weighted by atomic mass is 9.90. The molecule has 7 nitrogen and oxygen atoms in total. The maximum Gasteiger partial charge on any atom is 0.162 e. The van der Waals surface area contributed by atoms with Crippen molar-refractivity contribution >= 4 is 27.4 Å². The molecule has 4 N–H and O–H groups in total. The lowest BCUT2D eigenvalue weighted by molar-refractivity contribution is 0.605. The van der Waals surface area contributed by atoms with Crippen molar-refractivity contribution in [3.05, 3.63) is 77.6 Å². The normalized spacial score (nSPS) is 12.7. The van der Waals surface area contributed by atoms with Crippen molar-refractivity contribution in [3.8, 4) is 22.6 Å². The Morgan fingerprint density at radius 3 is 2.46 bits per heavy atom. The van der Waals surface area contributed by atoms with E-state index in [9.17, 15) is 0 Å². The molecule has 1 aromatic carbocycles. The van der Waals surface area contributed by atoms with E-state index in [0.29, 0.717) is 12.4 Å². The molecule has 4 aromatic heterocycles. The lowest BCUT2D eigenvalue weighted by Gasteiger charge is -2.18. The Balaban J connectivity index is 1.60. The van der Waals surface area contributed by atoms with Crippen molar-refractivity contribution in [3.63, 3.8) is 0 Å². The number of rotatable bonds is 7. The van der Waals surface area contributed by atoms with Gasteiger partial charge in [0.15, 0.2) is 5.82 Å². The highest BCUT2D eigenvalue weighted by atomic mass is 32.1. The number of anilines is 1. The topological polar surface area (TPSA) is 105 Å². The van der Waals surface area contributed by atoms with Crippen LogP contribution in [0.25, 0.3) is 32.9 Å². The predicted molar refractivity (Wildman–Crippen MR) is 144 cm³/mol. The molecule has 5 rings (SSSR count). The number of nitrogens with one attached hydrogen (secondary N) is 2. The van der Waals surface area contributed by atoms with E-state index in [1.165, 1.54) is 10.4 Å². The molecule has 4 heterocycles. The fourth-order valence-corrected chi connectivity index (χ4v) is 5.39. The van der Waals surface area contributed by atoms with Crippen LogP contribution in [0.2, 0.25) is 0 Å². The molecule has 0 saturated carbocycles. The van der Waals surface area contributed by atoms with Crippen LogP contribution < -0.4 is 11.1 Å². The van der Waals surface area contributed by atoms with Gasteiger partial charge in [0.2, 0.25) is 0 Å². The number of aromatic nitrogens is 5. The van der Waals surface area contributed by atoms with E-state index in [-0.39, 0.29) is 11.5 Å². The number of hydrogen-bond donors (Lipinski definition) is 3. The molecule has 178 valence electrons. The summed E-state index contributed by atoms with van der Waals surface area (Å²) in [4.78, 5) is 15.4. The van der Waals surface area contributed by atoms with Crippen LogP contribution >= 0.6 is 11.3 Å². The van der Waals surface area contributed by atoms with Crippen LogP contribution in [0.3, 0.4) is 0 Å². The number of hydrogen-bond acceptors (Lipinski definition) is 7. The molecule has 0 spiro atoms. The van der Waals surface area contributed by atoms with Gasteiger partial charge in [-0.1, -0.05) is 51.1 Å². The largest absolute Gasteiger partial charge is 0.367 e. The Morgan fingerprint density at radius 2 is 1.77 bits per heavy atom. The van der Waals surface area contributed by atoms with Gasteiger partial charge in [-0.3, -0.25) is 10.1 Å². The van der Waals surface area contributed by atoms with E-state index >= 15 is 0 Å². The van der Waals surface area contributed by atoms with Gasteiger partial charge in [0.05, 0.1) is 15.9 Å². The second-order valence-electron chi connectivity index (χ2n) is 9.67. The summed E-state index contributed by atoms with van der Waals surface area (Å²) in [5.74, 6) is 1.45. The van der Waals surface area contributed by atoms with Crippen LogP contribution in [0.5, 0.6) is 0 Å². The fraction of sp³-hybridized carbons (Fsp3) is 0.259. The SMILES string of the molecule is CC(C)(C)c1sc2c(NC[C@@H](N)Cc3ccccc3)nc(-c3ccncc3)nc2c1-c1ccn[nH]1. The average molecular weight is 484 g/mol. The molecule has 0 fully saturated rings. The first-order valence-corrected chi connectivity index (χ1v) is 12.5. The van der Waals surface area contributed by atoms with Gasteiger partial charge in [-0.25, -0.2) is 9.97 Å². The Kier molecular flexibility index (Phi) is 6.32. The van der Waals surface area contributed by atoms with Gasteiger partial charge >= 0.3 is 0 Å². The molecule has 1 atom stereocenters. The minimum Gasteiger partial charge on any atom is -0.367 e. The van der Waals surface area contributed by atoms with E-state index in [1.54, 1.807) is 29.9 Å². The average Bonchev–Trinajstić information content (AvgIpc) is 3.51. The molecule has 0 bridgehead atoms. The molecule has 0 unspecified atom stereocenters. The van der Waals surface area contributed by atoms with Gasteiger partial charge in [0.25, 0.3) is 0 Å². The van der Waals surface area contributed by atoms with Crippen LogP contribution in [0, 0.1) is 0 Å². The zero-order valence-electron chi connectivity index (χ0n) is 20.1. The number of thiophene rings is 1. The van der Waals surface area contributed by atoms with E-state index in [0.717, 1.165) is 39.3 Å². The van der Waals surface area contributed by atoms with Crippen LogP contribution in [0.1, 0.15) is 31.2 Å². The first-order chi connectivity index (χ1) is 16.9. The second kappa shape index (κ2) is 9.56. The molecule has 0 aliphatic rings. The number of nitrogens with two attached hydrogens (primary N) is 1. The summed E-state index contributed by atoms with van der Waals surface area (Å²) in [5.41, 5.74) is 11.5. The molecular formula is C27H29N7S. The summed E-state index contributed by atoms with van der Waals surface area (Å²) in [7, 11) is 0. The summed E-state index contributed by atoms with van der Waals surface area (Å²) >= 11 is 1.73. The quantitative estimate of drug-likeness (QED) is 0.285. The molecule has 0 aliphatic heterocycles. The number of H-pyrrole nitrogens is 1. The van der Waals surface area contributed by atoms with Crippen molar-refractivity contribution in [1.82, 2.24) is 25.1 Å². The third kappa shape index (κ3) is 4.94. The smallest absolute Gasteiger partial charge is 0.162 e. The maximum absolute atomic E-state index is 6.50. The van der Waals surface area contributed by atoms with Crippen molar-refractivity contribution in [2.75, 3.05) is 11.9 Å². The first-order valence-electron chi connectivity index (χ1n) is 11.7. The molecule has 0 radical (unpaired) electrons. The standard InChI is InChI=1S/C27H29N7S/c1-27(2,3)24-21(20-11-14-31-34-20)22-23(35-24)26(33-25(32-22)18-9-12-29-13-10-18)30-16-19(28)15-17-7-5-4-6-8-17/h4-14,19H,15-16,28H2,1-3H3,(H,31,34)(H,30,32,33)/t19-/m0/s1. The summed E-state index contributed by atoms with van der Waals surface area (Å²) in [5, 5.41) is 10.9. The predicted octanol–water partition coefficient (Wildman–Crippen LogP) is 5.42. The number of aromatic amines is 1. The van der Waals surface area contributed by atoms with Gasteiger partial charge in [-0.15, -0.1) is 11.3 Å². The third-order valence-corrected chi connectivity index (χ3v) is 7.41. The van der Waals surface area contributed by atoms with Crippen LogP contribution in [0.4, 0.5) is 5.82 Å². The molecule has 8 heteroatoms. The minimum atomic E-state index is -0.0797.